The maximum absolute atomic E-state index is 6.94. The number of furan rings is 1. The van der Waals surface area contributed by atoms with Crippen molar-refractivity contribution in [3.05, 3.63) is 271 Å². The number of anilines is 3. The highest BCUT2D eigenvalue weighted by Gasteiger charge is 2.51. The van der Waals surface area contributed by atoms with Gasteiger partial charge in [0.1, 0.15) is 11.2 Å². The minimum Gasteiger partial charge on any atom is -0.455 e. The molecule has 14 rings (SSSR count). The highest BCUT2D eigenvalue weighted by Crippen LogP contribution is 2.63. The van der Waals surface area contributed by atoms with Crippen molar-refractivity contribution in [1.29, 1.82) is 0 Å². The van der Waals surface area contributed by atoms with Crippen LogP contribution < -0.4 is 4.90 Å². The average Bonchev–Trinajstić information content (AvgIpc) is 4.04. The maximum Gasteiger partial charge on any atom is 0.143 e. The Balaban J connectivity index is 1.06. The predicted molar refractivity (Wildman–Crippen MR) is 279 cm³/mol. The van der Waals surface area contributed by atoms with E-state index >= 15 is 0 Å². The standard InChI is InChI=1S/C65H41NO/c1-3-15-42(16-4-1)44-27-29-47(30-28-44)62-60(39-40-61-63(62)55-37-33-46-19-7-8-20-50(46)64(55)67-61)66(48-34-31-45(32-35-48)43-17-5-2-6-18-43)49-36-38-54-53-23-11-14-26-58(53)65(59(54)41-49)56-24-12-9-21-51(56)52-22-10-13-25-57(52)65/h1-41H. The van der Waals surface area contributed by atoms with Gasteiger partial charge in [0.15, 0.2) is 0 Å². The largest absolute Gasteiger partial charge is 0.455 e. The second kappa shape index (κ2) is 14.7. The average molecular weight is 852 g/mol. The number of hydrogen-bond acceptors (Lipinski definition) is 2. The van der Waals surface area contributed by atoms with Crippen LogP contribution in [0.3, 0.4) is 0 Å². The highest BCUT2D eigenvalue weighted by molar-refractivity contribution is 6.21. The lowest BCUT2D eigenvalue weighted by Gasteiger charge is -2.33. The van der Waals surface area contributed by atoms with E-state index in [2.05, 4.69) is 254 Å². The normalized spacial score (nSPS) is 12.9. The topological polar surface area (TPSA) is 16.4 Å². The Hall–Kier alpha value is -8.72. The van der Waals surface area contributed by atoms with Gasteiger partial charge in [0, 0.05) is 33.1 Å². The molecule has 0 saturated heterocycles. The van der Waals surface area contributed by atoms with Gasteiger partial charge in [0.05, 0.1) is 11.1 Å². The van der Waals surface area contributed by atoms with E-state index in [4.69, 9.17) is 4.42 Å². The molecule has 1 aromatic heterocycles. The van der Waals surface area contributed by atoms with Crippen LogP contribution in [0.15, 0.2) is 253 Å². The van der Waals surface area contributed by atoms with Crippen LogP contribution in [0.25, 0.3) is 88.3 Å². The van der Waals surface area contributed by atoms with Crippen LogP contribution in [0.5, 0.6) is 0 Å². The van der Waals surface area contributed by atoms with Crippen LogP contribution in [0.4, 0.5) is 17.1 Å². The molecular formula is C65H41NO. The maximum atomic E-state index is 6.94. The van der Waals surface area contributed by atoms with Crippen molar-refractivity contribution in [1.82, 2.24) is 0 Å². The fourth-order valence-electron chi connectivity index (χ4n) is 11.6. The molecule has 67 heavy (non-hydrogen) atoms. The molecule has 1 spiro atoms. The Morgan fingerprint density at radius 2 is 0.821 bits per heavy atom. The van der Waals surface area contributed by atoms with Crippen molar-refractivity contribution in [2.45, 2.75) is 5.41 Å². The molecule has 0 bridgehead atoms. The lowest BCUT2D eigenvalue weighted by Crippen LogP contribution is -2.26. The Labute approximate surface area is 389 Å². The first-order valence-corrected chi connectivity index (χ1v) is 23.2. The minimum atomic E-state index is -0.486. The van der Waals surface area contributed by atoms with Gasteiger partial charge in [-0.3, -0.25) is 0 Å². The first-order valence-electron chi connectivity index (χ1n) is 23.2. The van der Waals surface area contributed by atoms with Crippen LogP contribution in [0, 0.1) is 0 Å². The van der Waals surface area contributed by atoms with Crippen molar-refractivity contribution < 1.29 is 4.42 Å². The zero-order valence-electron chi connectivity index (χ0n) is 36.5. The molecule has 11 aromatic carbocycles. The number of benzene rings is 11. The first-order chi connectivity index (χ1) is 33.2. The zero-order chi connectivity index (χ0) is 44.1. The summed E-state index contributed by atoms with van der Waals surface area (Å²) in [5.41, 5.74) is 21.9. The molecule has 0 N–H and O–H groups in total. The van der Waals surface area contributed by atoms with Gasteiger partial charge in [-0.15, -0.1) is 0 Å². The molecule has 2 aliphatic carbocycles. The third-order valence-electron chi connectivity index (χ3n) is 14.5. The van der Waals surface area contributed by atoms with E-state index in [0.29, 0.717) is 0 Å². The molecule has 12 aromatic rings. The summed E-state index contributed by atoms with van der Waals surface area (Å²) in [6.45, 7) is 0. The second-order valence-electron chi connectivity index (χ2n) is 17.9. The van der Waals surface area contributed by atoms with Crippen molar-refractivity contribution in [2.75, 3.05) is 4.90 Å². The molecule has 2 nitrogen and oxygen atoms in total. The van der Waals surface area contributed by atoms with Crippen LogP contribution >= 0.6 is 0 Å². The van der Waals surface area contributed by atoms with E-state index < -0.39 is 5.41 Å². The molecule has 312 valence electrons. The molecular weight excluding hydrogens is 811 g/mol. The van der Waals surface area contributed by atoms with Crippen molar-refractivity contribution in [3.63, 3.8) is 0 Å². The van der Waals surface area contributed by atoms with Crippen LogP contribution in [-0.4, -0.2) is 0 Å². The van der Waals surface area contributed by atoms with Crippen LogP contribution in [-0.2, 0) is 5.41 Å². The third kappa shape index (κ3) is 5.51. The number of nitrogens with zero attached hydrogens (tertiary/aromatic N) is 1. The van der Waals surface area contributed by atoms with E-state index in [1.54, 1.807) is 0 Å². The Kier molecular flexibility index (Phi) is 8.23. The van der Waals surface area contributed by atoms with E-state index in [0.717, 1.165) is 60.9 Å². The number of fused-ring (bicyclic) bond motifs is 15. The highest BCUT2D eigenvalue weighted by atomic mass is 16.3. The zero-order valence-corrected chi connectivity index (χ0v) is 36.5. The monoisotopic (exact) mass is 851 g/mol. The van der Waals surface area contributed by atoms with E-state index in [9.17, 15) is 0 Å². The van der Waals surface area contributed by atoms with Gasteiger partial charge in [-0.2, -0.15) is 0 Å². The van der Waals surface area contributed by atoms with Crippen molar-refractivity contribution in [3.8, 4) is 55.6 Å². The van der Waals surface area contributed by atoms with Crippen LogP contribution in [0.1, 0.15) is 22.3 Å². The summed E-state index contributed by atoms with van der Waals surface area (Å²) in [4.78, 5) is 2.48. The number of hydrogen-bond donors (Lipinski definition) is 0. The van der Waals surface area contributed by atoms with Crippen molar-refractivity contribution in [2.24, 2.45) is 0 Å². The summed E-state index contributed by atoms with van der Waals surface area (Å²) in [5.74, 6) is 0. The van der Waals surface area contributed by atoms with Gasteiger partial charge in [-0.05, 0) is 120 Å². The lowest BCUT2D eigenvalue weighted by atomic mass is 9.70. The molecule has 0 aliphatic heterocycles. The fourth-order valence-corrected chi connectivity index (χ4v) is 11.6. The molecule has 0 amide bonds. The molecule has 2 heteroatoms. The molecule has 0 fully saturated rings. The van der Waals surface area contributed by atoms with Gasteiger partial charge in [-0.1, -0.05) is 206 Å². The van der Waals surface area contributed by atoms with Gasteiger partial charge >= 0.3 is 0 Å². The molecule has 0 atom stereocenters. The van der Waals surface area contributed by atoms with Gasteiger partial charge in [-0.25, -0.2) is 0 Å². The van der Waals surface area contributed by atoms with Gasteiger partial charge in [0.25, 0.3) is 0 Å². The Morgan fingerprint density at radius 3 is 1.45 bits per heavy atom. The summed E-state index contributed by atoms with van der Waals surface area (Å²) >= 11 is 0. The fraction of sp³-hybridized carbons (Fsp3) is 0.0154. The minimum absolute atomic E-state index is 0.486. The van der Waals surface area contributed by atoms with E-state index in [1.165, 1.54) is 66.8 Å². The van der Waals surface area contributed by atoms with Crippen molar-refractivity contribution >= 4 is 49.8 Å². The first kappa shape index (κ1) is 37.6. The summed E-state index contributed by atoms with van der Waals surface area (Å²) in [7, 11) is 0. The smallest absolute Gasteiger partial charge is 0.143 e. The summed E-state index contributed by atoms with van der Waals surface area (Å²) in [5, 5.41) is 4.46. The Morgan fingerprint density at radius 1 is 0.328 bits per heavy atom. The quantitative estimate of drug-likeness (QED) is 0.166. The molecule has 0 saturated carbocycles. The molecule has 0 radical (unpaired) electrons. The predicted octanol–water partition coefficient (Wildman–Crippen LogP) is 17.6. The number of rotatable bonds is 6. The summed E-state index contributed by atoms with van der Waals surface area (Å²) in [6.07, 6.45) is 0. The Bertz CT molecular complexity index is 3840. The van der Waals surface area contributed by atoms with Crippen LogP contribution in [0.2, 0.25) is 0 Å². The SMILES string of the molecule is c1ccc(-c2ccc(-c3c(N(c4ccc(-c5ccccc5)cc4)c4ccc5c(c4)C4(c6ccccc6-c6ccccc64)c4ccccc4-5)ccc4oc5c6ccccc6ccc5c34)cc2)cc1. The lowest BCUT2D eigenvalue weighted by molar-refractivity contribution is 0.673. The molecule has 2 aliphatic rings. The van der Waals surface area contributed by atoms with Gasteiger partial charge in [0.2, 0.25) is 0 Å². The molecule has 0 unspecified atom stereocenters. The summed E-state index contributed by atoms with van der Waals surface area (Å²) in [6, 6.07) is 91.3. The van der Waals surface area contributed by atoms with Gasteiger partial charge < -0.3 is 9.32 Å². The second-order valence-corrected chi connectivity index (χ2v) is 17.9. The van der Waals surface area contributed by atoms with E-state index in [-0.39, 0.29) is 0 Å². The summed E-state index contributed by atoms with van der Waals surface area (Å²) < 4.78 is 6.94. The molecule has 1 heterocycles. The van der Waals surface area contributed by atoms with E-state index in [1.807, 2.05) is 0 Å². The third-order valence-corrected chi connectivity index (χ3v) is 14.5.